The van der Waals surface area contributed by atoms with Gasteiger partial charge in [0.2, 0.25) is 10.0 Å². The Morgan fingerprint density at radius 2 is 1.85 bits per heavy atom. The molecule has 0 radical (unpaired) electrons. The van der Waals surface area contributed by atoms with Gasteiger partial charge in [-0.1, -0.05) is 13.0 Å². The Bertz CT molecular complexity index is 1360. The zero-order chi connectivity index (χ0) is 23.7. The maximum Gasteiger partial charge on any atom is 0.252 e. The largest absolute Gasteiger partial charge is 0.486 e. The number of hydrogen-bond donors (Lipinski definition) is 1. The summed E-state index contributed by atoms with van der Waals surface area (Å²) < 4.78 is 45.7. The molecule has 1 N–H and O–H groups in total. The van der Waals surface area contributed by atoms with E-state index in [1.165, 1.54) is 16.4 Å². The van der Waals surface area contributed by atoms with Gasteiger partial charge >= 0.3 is 0 Å². The molecule has 3 aromatic rings. The summed E-state index contributed by atoms with van der Waals surface area (Å²) in [7, 11) is -3.94. The number of aryl methyl sites for hydroxylation is 1. The van der Waals surface area contributed by atoms with Crippen LogP contribution in [-0.4, -0.2) is 50.2 Å². The number of H-pyrrole nitrogens is 1. The van der Waals surface area contributed by atoms with Crippen LogP contribution < -0.4 is 15.0 Å². The van der Waals surface area contributed by atoms with E-state index < -0.39 is 10.0 Å². The fourth-order valence-corrected chi connectivity index (χ4v) is 5.89. The summed E-state index contributed by atoms with van der Waals surface area (Å²) in [6, 6.07) is 12.3. The van der Waals surface area contributed by atoms with Crippen molar-refractivity contribution in [2.24, 2.45) is 0 Å². The van der Waals surface area contributed by atoms with E-state index in [0.29, 0.717) is 36.9 Å². The molecule has 0 spiro atoms. The monoisotopic (exact) mass is 484 g/mol. The average molecular weight is 485 g/mol. The fraction of sp³-hybridized carbons (Fsp3) is 0.400. The number of aromatic nitrogens is 1. The molecule has 1 atom stereocenters. The molecule has 1 unspecified atom stereocenters. The maximum absolute atomic E-state index is 13.7. The molecule has 1 aromatic heterocycles. The fourth-order valence-electron chi connectivity index (χ4n) is 4.42. The number of sulfonamides is 1. The minimum Gasteiger partial charge on any atom is -0.486 e. The summed E-state index contributed by atoms with van der Waals surface area (Å²) in [6.45, 7) is 3.58. The van der Waals surface area contributed by atoms with E-state index in [1.807, 2.05) is 18.2 Å². The molecule has 5 rings (SSSR count). The van der Waals surface area contributed by atoms with Gasteiger partial charge in [0.25, 0.3) is 5.56 Å². The number of ether oxygens (including phenoxy) is 3. The lowest BCUT2D eigenvalue weighted by atomic mass is 10.1. The van der Waals surface area contributed by atoms with Crippen molar-refractivity contribution < 1.29 is 22.6 Å². The van der Waals surface area contributed by atoms with E-state index >= 15 is 0 Å². The van der Waals surface area contributed by atoms with Crippen molar-refractivity contribution in [3.8, 4) is 11.5 Å². The highest BCUT2D eigenvalue weighted by Gasteiger charge is 2.31. The lowest BCUT2D eigenvalue weighted by molar-refractivity contribution is 0.0925. The first-order chi connectivity index (χ1) is 16.4. The number of benzene rings is 2. The van der Waals surface area contributed by atoms with Crippen LogP contribution in [0.5, 0.6) is 11.5 Å². The molecule has 34 heavy (non-hydrogen) atoms. The number of nitrogens with one attached hydrogen (secondary N) is 1. The minimum atomic E-state index is -3.94. The number of fused-ring (bicyclic) bond motifs is 2. The molecule has 0 amide bonds. The van der Waals surface area contributed by atoms with Crippen LogP contribution in [0.4, 0.5) is 0 Å². The topological polar surface area (TPSA) is 97.9 Å². The lowest BCUT2D eigenvalue weighted by Gasteiger charge is -2.26. The molecule has 0 saturated carbocycles. The Hall–Kier alpha value is -2.88. The first-order valence-electron chi connectivity index (χ1n) is 11.6. The molecule has 9 heteroatoms. The van der Waals surface area contributed by atoms with Gasteiger partial charge in [-0.05, 0) is 60.5 Å². The summed E-state index contributed by atoms with van der Waals surface area (Å²) in [5.74, 6) is 0.925. The van der Waals surface area contributed by atoms with E-state index in [4.69, 9.17) is 14.2 Å². The molecule has 2 aliphatic heterocycles. The van der Waals surface area contributed by atoms with Crippen LogP contribution in [-0.2, 0) is 27.7 Å². The van der Waals surface area contributed by atoms with Crippen molar-refractivity contribution in [1.82, 2.24) is 9.29 Å². The second-order valence-corrected chi connectivity index (χ2v) is 10.6. The molecular formula is C25H28N2O6S. The smallest absolute Gasteiger partial charge is 0.252 e. The zero-order valence-electron chi connectivity index (χ0n) is 19.1. The van der Waals surface area contributed by atoms with Crippen molar-refractivity contribution in [1.29, 1.82) is 0 Å². The SMILES string of the molecule is CCc1ccc2[nH]c(=O)c(CN(CC3CCCO3)S(=O)(=O)c3ccc4c(c3)OCCO4)cc2c1. The third-order valence-electron chi connectivity index (χ3n) is 6.32. The van der Waals surface area contributed by atoms with Crippen molar-refractivity contribution in [2.75, 3.05) is 26.4 Å². The van der Waals surface area contributed by atoms with Crippen LogP contribution >= 0.6 is 0 Å². The first kappa shape index (κ1) is 22.9. The highest BCUT2D eigenvalue weighted by molar-refractivity contribution is 7.89. The highest BCUT2D eigenvalue weighted by Crippen LogP contribution is 2.33. The molecule has 2 aromatic carbocycles. The number of nitrogens with zero attached hydrogens (tertiary/aromatic N) is 1. The second-order valence-electron chi connectivity index (χ2n) is 8.64. The predicted octanol–water partition coefficient (Wildman–Crippen LogP) is 3.23. The van der Waals surface area contributed by atoms with Crippen molar-refractivity contribution in [3.05, 3.63) is 63.9 Å². The van der Waals surface area contributed by atoms with E-state index in [-0.39, 0.29) is 29.6 Å². The molecule has 8 nitrogen and oxygen atoms in total. The van der Waals surface area contributed by atoms with Crippen LogP contribution in [0.15, 0.2) is 52.2 Å². The predicted molar refractivity (Wildman–Crippen MR) is 128 cm³/mol. The van der Waals surface area contributed by atoms with Gasteiger partial charge in [-0.25, -0.2) is 8.42 Å². The van der Waals surface area contributed by atoms with Crippen LogP contribution in [0.2, 0.25) is 0 Å². The van der Waals surface area contributed by atoms with Gasteiger partial charge in [0.15, 0.2) is 11.5 Å². The third kappa shape index (κ3) is 4.55. The van der Waals surface area contributed by atoms with Gasteiger partial charge in [-0.15, -0.1) is 0 Å². The van der Waals surface area contributed by atoms with E-state index in [9.17, 15) is 13.2 Å². The molecule has 180 valence electrons. The van der Waals surface area contributed by atoms with Crippen molar-refractivity contribution in [2.45, 2.75) is 43.7 Å². The van der Waals surface area contributed by atoms with Crippen LogP contribution in [0.3, 0.4) is 0 Å². The summed E-state index contributed by atoms with van der Waals surface area (Å²) in [5.41, 5.74) is 1.96. The second kappa shape index (κ2) is 9.40. The van der Waals surface area contributed by atoms with Crippen LogP contribution in [0.25, 0.3) is 10.9 Å². The Labute approximate surface area is 198 Å². The average Bonchev–Trinajstić information content (AvgIpc) is 3.36. The molecule has 3 heterocycles. The maximum atomic E-state index is 13.7. The van der Waals surface area contributed by atoms with Gasteiger partial charge < -0.3 is 19.2 Å². The Morgan fingerprint density at radius 3 is 2.62 bits per heavy atom. The summed E-state index contributed by atoms with van der Waals surface area (Å²) in [6.07, 6.45) is 2.33. The molecule has 1 saturated heterocycles. The molecule has 1 fully saturated rings. The Kier molecular flexibility index (Phi) is 6.33. The van der Waals surface area contributed by atoms with E-state index in [0.717, 1.165) is 35.7 Å². The van der Waals surface area contributed by atoms with Crippen molar-refractivity contribution >= 4 is 20.9 Å². The molecule has 0 bridgehead atoms. The zero-order valence-corrected chi connectivity index (χ0v) is 19.9. The van der Waals surface area contributed by atoms with Crippen molar-refractivity contribution in [3.63, 3.8) is 0 Å². The van der Waals surface area contributed by atoms with Crippen LogP contribution in [0.1, 0.15) is 30.9 Å². The first-order valence-corrected chi connectivity index (χ1v) is 13.0. The summed E-state index contributed by atoms with van der Waals surface area (Å²) >= 11 is 0. The minimum absolute atomic E-state index is 0.0573. The van der Waals surface area contributed by atoms with Gasteiger partial charge in [0.05, 0.1) is 11.0 Å². The highest BCUT2D eigenvalue weighted by atomic mass is 32.2. The van der Waals surface area contributed by atoms with Gasteiger partial charge in [-0.3, -0.25) is 4.79 Å². The summed E-state index contributed by atoms with van der Waals surface area (Å²) in [5, 5.41) is 0.878. The number of rotatable bonds is 7. The lowest BCUT2D eigenvalue weighted by Crippen LogP contribution is -2.38. The Morgan fingerprint density at radius 1 is 1.03 bits per heavy atom. The normalized spacial score (nSPS) is 18.0. The molecule has 0 aliphatic carbocycles. The van der Waals surface area contributed by atoms with E-state index in [2.05, 4.69) is 11.9 Å². The van der Waals surface area contributed by atoms with Gasteiger partial charge in [0.1, 0.15) is 13.2 Å². The van der Waals surface area contributed by atoms with Crippen LogP contribution in [0, 0.1) is 0 Å². The number of aromatic amines is 1. The number of pyridine rings is 1. The quantitative estimate of drug-likeness (QED) is 0.553. The Balaban J connectivity index is 1.52. The van der Waals surface area contributed by atoms with Gasteiger partial charge in [0, 0.05) is 36.8 Å². The molecule has 2 aliphatic rings. The standard InChI is InChI=1S/C25H28N2O6S/c1-2-17-5-7-22-18(12-17)13-19(25(28)26-22)15-27(16-20-4-3-9-31-20)34(29,30)21-6-8-23-24(14-21)33-11-10-32-23/h5-8,12-14,20H,2-4,9-11,15-16H2,1H3,(H,26,28). The molecular weight excluding hydrogens is 456 g/mol. The third-order valence-corrected chi connectivity index (χ3v) is 8.13. The van der Waals surface area contributed by atoms with E-state index in [1.54, 1.807) is 12.1 Å². The number of hydrogen-bond acceptors (Lipinski definition) is 6. The summed E-state index contributed by atoms with van der Waals surface area (Å²) in [4.78, 5) is 15.9. The van der Waals surface area contributed by atoms with Gasteiger partial charge in [-0.2, -0.15) is 4.31 Å².